The molecule has 0 saturated carbocycles. The highest BCUT2D eigenvalue weighted by atomic mass is 19.1. The lowest BCUT2D eigenvalue weighted by atomic mass is 10.1. The average Bonchev–Trinajstić information content (AvgIpc) is 2.80. The Kier molecular flexibility index (Phi) is 3.66. The van der Waals surface area contributed by atoms with Crippen molar-refractivity contribution in [1.29, 1.82) is 0 Å². The molecule has 1 unspecified atom stereocenters. The summed E-state index contributed by atoms with van der Waals surface area (Å²) in [4.78, 5) is 11.1. The summed E-state index contributed by atoms with van der Waals surface area (Å²) >= 11 is 0. The van der Waals surface area contributed by atoms with Crippen LogP contribution in [0.5, 0.6) is 5.75 Å². The van der Waals surface area contributed by atoms with Crippen LogP contribution in [0.1, 0.15) is 16.8 Å². The first kappa shape index (κ1) is 12.6. The van der Waals surface area contributed by atoms with Crippen molar-refractivity contribution in [3.63, 3.8) is 0 Å². The summed E-state index contributed by atoms with van der Waals surface area (Å²) in [5, 5.41) is 0. The van der Waals surface area contributed by atoms with E-state index in [1.807, 2.05) is 0 Å². The molecule has 5 nitrogen and oxygen atoms in total. The Bertz CT molecular complexity index is 459. The predicted molar refractivity (Wildman–Crippen MR) is 63.8 cm³/mol. The lowest BCUT2D eigenvalue weighted by Gasteiger charge is -2.12. The first-order chi connectivity index (χ1) is 8.58. The van der Waals surface area contributed by atoms with Crippen molar-refractivity contribution in [2.45, 2.75) is 6.42 Å². The van der Waals surface area contributed by atoms with Gasteiger partial charge in [-0.2, -0.15) is 0 Å². The second kappa shape index (κ2) is 5.22. The maximum absolute atomic E-state index is 13.6. The number of ether oxygens (including phenoxy) is 2. The van der Waals surface area contributed by atoms with Crippen LogP contribution >= 0.6 is 0 Å². The summed E-state index contributed by atoms with van der Waals surface area (Å²) in [6.07, 6.45) is 0.888. The Morgan fingerprint density at radius 2 is 2.33 bits per heavy atom. The average molecular weight is 254 g/mol. The lowest BCUT2D eigenvalue weighted by molar-refractivity contribution is 0.100. The highest BCUT2D eigenvalue weighted by Crippen LogP contribution is 2.25. The summed E-state index contributed by atoms with van der Waals surface area (Å²) in [6.45, 7) is 1.66. The molecule has 1 aromatic carbocycles. The van der Waals surface area contributed by atoms with Gasteiger partial charge in [-0.1, -0.05) is 0 Å². The number of anilines is 1. The van der Waals surface area contributed by atoms with Crippen molar-refractivity contribution in [1.82, 2.24) is 0 Å². The van der Waals surface area contributed by atoms with Gasteiger partial charge in [0.25, 0.3) is 5.91 Å². The fraction of sp³-hybridized carbons (Fsp3) is 0.417. The van der Waals surface area contributed by atoms with Gasteiger partial charge in [0.15, 0.2) is 11.6 Å². The van der Waals surface area contributed by atoms with E-state index in [2.05, 4.69) is 0 Å². The van der Waals surface area contributed by atoms with E-state index in [0.29, 0.717) is 19.8 Å². The molecular formula is C12H15FN2O3. The van der Waals surface area contributed by atoms with Gasteiger partial charge < -0.3 is 20.9 Å². The van der Waals surface area contributed by atoms with Crippen LogP contribution < -0.4 is 16.2 Å². The summed E-state index contributed by atoms with van der Waals surface area (Å²) in [6, 6.07) is 2.28. The zero-order valence-corrected chi connectivity index (χ0v) is 9.82. The number of amides is 1. The molecule has 1 heterocycles. The highest BCUT2D eigenvalue weighted by Gasteiger charge is 2.18. The lowest BCUT2D eigenvalue weighted by Crippen LogP contribution is -2.16. The van der Waals surface area contributed by atoms with Gasteiger partial charge in [0, 0.05) is 24.3 Å². The van der Waals surface area contributed by atoms with E-state index in [0.717, 1.165) is 12.5 Å². The molecule has 1 saturated heterocycles. The molecule has 0 spiro atoms. The minimum atomic E-state index is -0.707. The standard InChI is InChI=1S/C12H15FN2O3/c13-9-4-10(14)8(12(15)16)3-11(9)18-6-7-1-2-17-5-7/h3-4,7H,1-2,5-6,14H2,(H2,15,16). The van der Waals surface area contributed by atoms with Gasteiger partial charge in [-0.15, -0.1) is 0 Å². The molecule has 1 aliphatic heterocycles. The number of carbonyl (C=O) groups excluding carboxylic acids is 1. The molecule has 1 aromatic rings. The molecule has 0 bridgehead atoms. The SMILES string of the molecule is NC(=O)c1cc(OCC2CCOC2)c(F)cc1N. The molecule has 18 heavy (non-hydrogen) atoms. The van der Waals surface area contributed by atoms with Gasteiger partial charge in [-0.3, -0.25) is 4.79 Å². The molecule has 1 aliphatic rings. The van der Waals surface area contributed by atoms with Gasteiger partial charge in [0.1, 0.15) is 0 Å². The van der Waals surface area contributed by atoms with Gasteiger partial charge >= 0.3 is 0 Å². The van der Waals surface area contributed by atoms with Crippen LogP contribution in [0.15, 0.2) is 12.1 Å². The third-order valence-corrected chi connectivity index (χ3v) is 2.87. The number of hydrogen-bond acceptors (Lipinski definition) is 4. The third kappa shape index (κ3) is 2.70. The minimum Gasteiger partial charge on any atom is -0.490 e. The van der Waals surface area contributed by atoms with E-state index in [4.69, 9.17) is 20.9 Å². The van der Waals surface area contributed by atoms with Crippen molar-refractivity contribution < 1.29 is 18.7 Å². The van der Waals surface area contributed by atoms with Crippen molar-refractivity contribution in [2.75, 3.05) is 25.6 Å². The van der Waals surface area contributed by atoms with Gasteiger partial charge in [0.2, 0.25) is 0 Å². The summed E-state index contributed by atoms with van der Waals surface area (Å²) in [7, 11) is 0. The second-order valence-electron chi connectivity index (χ2n) is 4.27. The number of rotatable bonds is 4. The molecule has 1 fully saturated rings. The molecule has 98 valence electrons. The number of primary amides is 1. The molecule has 4 N–H and O–H groups in total. The van der Waals surface area contributed by atoms with Crippen LogP contribution in [0.3, 0.4) is 0 Å². The number of hydrogen-bond donors (Lipinski definition) is 2. The van der Waals surface area contributed by atoms with Crippen molar-refractivity contribution >= 4 is 11.6 Å². The van der Waals surface area contributed by atoms with Crippen LogP contribution in [-0.2, 0) is 4.74 Å². The van der Waals surface area contributed by atoms with Crippen molar-refractivity contribution in [3.05, 3.63) is 23.5 Å². The molecule has 0 radical (unpaired) electrons. The van der Waals surface area contributed by atoms with E-state index in [9.17, 15) is 9.18 Å². The van der Waals surface area contributed by atoms with Gasteiger partial charge in [0.05, 0.1) is 18.8 Å². The highest BCUT2D eigenvalue weighted by molar-refractivity contribution is 5.98. The van der Waals surface area contributed by atoms with E-state index >= 15 is 0 Å². The van der Waals surface area contributed by atoms with Gasteiger partial charge in [-0.05, 0) is 12.5 Å². The minimum absolute atomic E-state index is 0.00935. The normalized spacial score (nSPS) is 18.8. The van der Waals surface area contributed by atoms with E-state index in [-0.39, 0.29) is 22.9 Å². The Morgan fingerprint density at radius 3 is 2.94 bits per heavy atom. The van der Waals surface area contributed by atoms with Crippen LogP contribution in [0.4, 0.5) is 10.1 Å². The largest absolute Gasteiger partial charge is 0.490 e. The van der Waals surface area contributed by atoms with Crippen LogP contribution in [0.2, 0.25) is 0 Å². The molecular weight excluding hydrogens is 239 g/mol. The third-order valence-electron chi connectivity index (χ3n) is 2.87. The van der Waals surface area contributed by atoms with Crippen molar-refractivity contribution in [2.24, 2.45) is 11.7 Å². The molecule has 6 heteroatoms. The van der Waals surface area contributed by atoms with Crippen LogP contribution in [-0.4, -0.2) is 25.7 Å². The second-order valence-corrected chi connectivity index (χ2v) is 4.27. The Hall–Kier alpha value is -1.82. The first-order valence-corrected chi connectivity index (χ1v) is 5.67. The number of halogens is 1. The van der Waals surface area contributed by atoms with E-state index in [1.165, 1.54) is 6.07 Å². The molecule has 1 atom stereocenters. The number of nitrogen functional groups attached to an aromatic ring is 1. The van der Waals surface area contributed by atoms with Crippen LogP contribution in [0.25, 0.3) is 0 Å². The first-order valence-electron chi connectivity index (χ1n) is 5.67. The maximum Gasteiger partial charge on any atom is 0.250 e. The molecule has 0 aliphatic carbocycles. The molecule has 0 aromatic heterocycles. The number of nitrogens with two attached hydrogens (primary N) is 2. The molecule has 2 rings (SSSR count). The summed E-state index contributed by atoms with van der Waals surface area (Å²) in [5.41, 5.74) is 10.7. The van der Waals surface area contributed by atoms with Crippen molar-refractivity contribution in [3.8, 4) is 5.75 Å². The van der Waals surface area contributed by atoms with Gasteiger partial charge in [-0.25, -0.2) is 4.39 Å². The Morgan fingerprint density at radius 1 is 1.56 bits per heavy atom. The fourth-order valence-electron chi connectivity index (χ4n) is 1.82. The Labute approximate surface area is 104 Å². The molecule has 1 amide bonds. The maximum atomic E-state index is 13.6. The van der Waals surface area contributed by atoms with E-state index < -0.39 is 11.7 Å². The zero-order chi connectivity index (χ0) is 13.1. The monoisotopic (exact) mass is 254 g/mol. The summed E-state index contributed by atoms with van der Waals surface area (Å²) in [5.74, 6) is -1.07. The fourth-order valence-corrected chi connectivity index (χ4v) is 1.82. The summed E-state index contributed by atoms with van der Waals surface area (Å²) < 4.78 is 24.1. The predicted octanol–water partition coefficient (Wildman–Crippen LogP) is 0.922. The quantitative estimate of drug-likeness (QED) is 0.782. The Balaban J connectivity index is 2.11. The number of benzene rings is 1. The topological polar surface area (TPSA) is 87.6 Å². The zero-order valence-electron chi connectivity index (χ0n) is 9.82. The van der Waals surface area contributed by atoms with E-state index in [1.54, 1.807) is 0 Å². The smallest absolute Gasteiger partial charge is 0.250 e. The van der Waals surface area contributed by atoms with Crippen LogP contribution in [0, 0.1) is 11.7 Å². The number of carbonyl (C=O) groups is 1.